The van der Waals surface area contributed by atoms with E-state index in [0.717, 1.165) is 61.5 Å². The van der Waals surface area contributed by atoms with E-state index in [0.29, 0.717) is 0 Å². The van der Waals surface area contributed by atoms with Crippen LogP contribution in [-0.2, 0) is 21.7 Å². The molecule has 12 rings (SSSR count). The summed E-state index contributed by atoms with van der Waals surface area (Å²) in [6.07, 6.45) is 6.67. The summed E-state index contributed by atoms with van der Waals surface area (Å²) in [7, 11) is 6.89. The van der Waals surface area contributed by atoms with Gasteiger partial charge in [0.2, 0.25) is 0 Å². The first kappa shape index (κ1) is 41.7. The van der Waals surface area contributed by atoms with Crippen LogP contribution in [0.5, 0.6) is 23.0 Å². The van der Waals surface area contributed by atoms with E-state index in [1.807, 2.05) is 0 Å². The molecule has 8 aromatic carbocycles. The lowest BCUT2D eigenvalue weighted by Crippen LogP contribution is -2.67. The highest BCUT2D eigenvalue weighted by Crippen LogP contribution is 2.75. The largest absolute Gasteiger partial charge is 0.497 e. The van der Waals surface area contributed by atoms with Crippen LogP contribution in [0.1, 0.15) is 60.8 Å². The second kappa shape index (κ2) is 16.4. The summed E-state index contributed by atoms with van der Waals surface area (Å²) >= 11 is 0. The summed E-state index contributed by atoms with van der Waals surface area (Å²) < 4.78 is 22.0. The fraction of sp³-hybridized carbons (Fsp3) is 0.226. The number of ether oxygens (including phenoxy) is 4. The average molecular weight is 865 g/mol. The SMILES string of the molecule is COc1ccc(-c2ccc(C34CC5(c6ccc(-c7ccc(OC)cc7)cc6)CC(c6ccc(-c7ccc(OC)cc7)cc6)(C3)CC(c3ccc(-c6ccc(OC)cc6)cc3)(C4)C5)cc2)cc1. The standard InChI is InChI=1S/C62H56O4/c1-63-55-29-13-47(14-30-55)43-5-21-51(22-6-43)59-37-60(52-23-7-44(8-24-52)48-15-31-56(64-2)32-16-48)40-61(38-59,53-25-9-45(10-26-53)49-17-33-57(65-3)34-18-49)42-62(39-59,41-60)54-27-11-46(12-28-54)50-19-35-58(66-4)36-20-50/h5-36H,37-42H2,1-4H3. The van der Waals surface area contributed by atoms with Crippen molar-refractivity contribution in [2.75, 3.05) is 28.4 Å². The molecule has 0 radical (unpaired) electrons. The molecule has 0 amide bonds. The summed E-state index contributed by atoms with van der Waals surface area (Å²) in [5.74, 6) is 3.48. The van der Waals surface area contributed by atoms with Crippen LogP contribution in [0.4, 0.5) is 0 Å². The van der Waals surface area contributed by atoms with Crippen molar-refractivity contribution >= 4 is 0 Å². The molecule has 4 bridgehead atoms. The number of hydrogen-bond donors (Lipinski definition) is 0. The van der Waals surface area contributed by atoms with Crippen molar-refractivity contribution in [3.63, 3.8) is 0 Å². The minimum atomic E-state index is -0.0643. The Bertz CT molecular complexity index is 2500. The molecule has 0 aromatic heterocycles. The van der Waals surface area contributed by atoms with Crippen molar-refractivity contribution < 1.29 is 18.9 Å². The highest BCUT2D eigenvalue weighted by molar-refractivity contribution is 5.69. The van der Waals surface area contributed by atoms with Gasteiger partial charge in [-0.2, -0.15) is 0 Å². The summed E-state index contributed by atoms with van der Waals surface area (Å²) in [5.41, 5.74) is 15.3. The normalized spacial score (nSPS) is 22.7. The second-order valence-corrected chi connectivity index (χ2v) is 19.4. The molecular formula is C62H56O4. The molecule has 328 valence electrons. The molecule has 4 aliphatic rings. The molecule has 0 unspecified atom stereocenters. The zero-order chi connectivity index (χ0) is 44.9. The zero-order valence-corrected chi connectivity index (χ0v) is 38.4. The molecule has 4 nitrogen and oxygen atoms in total. The van der Waals surface area contributed by atoms with Gasteiger partial charge in [-0.05, 0) is 175 Å². The maximum atomic E-state index is 5.50. The highest BCUT2D eigenvalue weighted by atomic mass is 16.5. The Hall–Kier alpha value is -7.04. The number of rotatable bonds is 12. The predicted octanol–water partition coefficient (Wildman–Crippen LogP) is 14.8. The maximum Gasteiger partial charge on any atom is 0.118 e. The van der Waals surface area contributed by atoms with Crippen LogP contribution < -0.4 is 18.9 Å². The third-order valence-electron chi connectivity index (χ3n) is 15.7. The molecule has 0 spiro atoms. The molecule has 4 aliphatic carbocycles. The Labute approximate surface area is 389 Å². The van der Waals surface area contributed by atoms with E-state index in [9.17, 15) is 0 Å². The first-order valence-corrected chi connectivity index (χ1v) is 23.3. The van der Waals surface area contributed by atoms with Crippen LogP contribution in [0.15, 0.2) is 194 Å². The van der Waals surface area contributed by atoms with E-state index in [4.69, 9.17) is 18.9 Å². The lowest BCUT2D eigenvalue weighted by atomic mass is 9.32. The first-order valence-electron chi connectivity index (χ1n) is 23.3. The number of benzene rings is 8. The molecule has 0 saturated heterocycles. The third kappa shape index (κ3) is 7.24. The molecule has 0 aliphatic heterocycles. The molecule has 0 N–H and O–H groups in total. The quantitative estimate of drug-likeness (QED) is 0.123. The molecule has 8 aromatic rings. The van der Waals surface area contributed by atoms with Gasteiger partial charge in [-0.3, -0.25) is 0 Å². The van der Waals surface area contributed by atoms with Crippen LogP contribution in [0, 0.1) is 0 Å². The molecule has 4 heteroatoms. The Morgan fingerprint density at radius 1 is 0.212 bits per heavy atom. The third-order valence-corrected chi connectivity index (χ3v) is 15.7. The van der Waals surface area contributed by atoms with E-state index in [1.165, 1.54) is 66.8 Å². The lowest BCUT2D eigenvalue weighted by Gasteiger charge is -2.71. The molecule has 4 saturated carbocycles. The lowest BCUT2D eigenvalue weighted by molar-refractivity contribution is -0.0691. The number of methoxy groups -OCH3 is 4. The van der Waals surface area contributed by atoms with Gasteiger partial charge in [-0.15, -0.1) is 0 Å². The van der Waals surface area contributed by atoms with Crippen molar-refractivity contribution in [3.05, 3.63) is 216 Å². The fourth-order valence-electron chi connectivity index (χ4n) is 13.1. The summed E-state index contributed by atoms with van der Waals surface area (Å²) in [4.78, 5) is 0. The van der Waals surface area contributed by atoms with Gasteiger partial charge in [0.05, 0.1) is 28.4 Å². The summed E-state index contributed by atoms with van der Waals surface area (Å²) in [6.45, 7) is 0. The van der Waals surface area contributed by atoms with Gasteiger partial charge in [0.25, 0.3) is 0 Å². The minimum Gasteiger partial charge on any atom is -0.497 e. The monoisotopic (exact) mass is 864 g/mol. The van der Waals surface area contributed by atoms with Gasteiger partial charge >= 0.3 is 0 Å². The van der Waals surface area contributed by atoms with Crippen molar-refractivity contribution in [3.8, 4) is 67.5 Å². The minimum absolute atomic E-state index is 0.0643. The first-order chi connectivity index (χ1) is 32.3. The predicted molar refractivity (Wildman–Crippen MR) is 268 cm³/mol. The Kier molecular flexibility index (Phi) is 10.4. The Morgan fingerprint density at radius 2 is 0.348 bits per heavy atom. The summed E-state index contributed by atoms with van der Waals surface area (Å²) in [5, 5.41) is 0. The molecular weight excluding hydrogens is 809 g/mol. The van der Waals surface area contributed by atoms with E-state index in [2.05, 4.69) is 194 Å². The molecule has 66 heavy (non-hydrogen) atoms. The Morgan fingerprint density at radius 3 is 0.485 bits per heavy atom. The van der Waals surface area contributed by atoms with Crippen molar-refractivity contribution in [2.24, 2.45) is 0 Å². The smallest absolute Gasteiger partial charge is 0.118 e. The van der Waals surface area contributed by atoms with Crippen LogP contribution in [0.2, 0.25) is 0 Å². The van der Waals surface area contributed by atoms with Crippen molar-refractivity contribution in [1.29, 1.82) is 0 Å². The highest BCUT2D eigenvalue weighted by Gasteiger charge is 2.69. The summed E-state index contributed by atoms with van der Waals surface area (Å²) in [6, 6.07) is 72.4. The molecule has 4 fully saturated rings. The topological polar surface area (TPSA) is 36.9 Å². The average Bonchev–Trinajstić information content (AvgIpc) is 3.38. The van der Waals surface area contributed by atoms with Gasteiger partial charge in [-0.1, -0.05) is 146 Å². The maximum absolute atomic E-state index is 5.50. The zero-order valence-electron chi connectivity index (χ0n) is 38.4. The van der Waals surface area contributed by atoms with E-state index in [1.54, 1.807) is 28.4 Å². The van der Waals surface area contributed by atoms with Crippen LogP contribution in [-0.4, -0.2) is 28.4 Å². The van der Waals surface area contributed by atoms with Crippen LogP contribution in [0.3, 0.4) is 0 Å². The fourth-order valence-corrected chi connectivity index (χ4v) is 13.1. The van der Waals surface area contributed by atoms with E-state index < -0.39 is 0 Å². The van der Waals surface area contributed by atoms with Crippen molar-refractivity contribution in [2.45, 2.75) is 60.2 Å². The van der Waals surface area contributed by atoms with Gasteiger partial charge in [-0.25, -0.2) is 0 Å². The van der Waals surface area contributed by atoms with E-state index in [-0.39, 0.29) is 21.7 Å². The molecule has 0 atom stereocenters. The van der Waals surface area contributed by atoms with Crippen LogP contribution >= 0.6 is 0 Å². The van der Waals surface area contributed by atoms with Gasteiger partial charge in [0.1, 0.15) is 23.0 Å². The van der Waals surface area contributed by atoms with Gasteiger partial charge < -0.3 is 18.9 Å². The Balaban J connectivity index is 1.06. The molecule has 0 heterocycles. The van der Waals surface area contributed by atoms with Crippen molar-refractivity contribution in [1.82, 2.24) is 0 Å². The number of hydrogen-bond acceptors (Lipinski definition) is 4. The van der Waals surface area contributed by atoms with Gasteiger partial charge in [0, 0.05) is 0 Å². The second-order valence-electron chi connectivity index (χ2n) is 19.4. The van der Waals surface area contributed by atoms with Crippen LogP contribution in [0.25, 0.3) is 44.5 Å². The van der Waals surface area contributed by atoms with Gasteiger partial charge in [0.15, 0.2) is 0 Å². The van der Waals surface area contributed by atoms with E-state index >= 15 is 0 Å².